The van der Waals surface area contributed by atoms with Gasteiger partial charge in [-0.15, -0.1) is 11.3 Å². The number of hydrogen-bond donors (Lipinski definition) is 1. The molecule has 1 unspecified atom stereocenters. The van der Waals surface area contributed by atoms with Gasteiger partial charge >= 0.3 is 0 Å². The van der Waals surface area contributed by atoms with Gasteiger partial charge in [-0.3, -0.25) is 33.9 Å². The second kappa shape index (κ2) is 12.9. The number of imide groups is 1. The van der Waals surface area contributed by atoms with Gasteiger partial charge in [0.05, 0.1) is 42.0 Å². The van der Waals surface area contributed by atoms with E-state index < -0.39 is 29.7 Å². The third-order valence-electron chi connectivity index (χ3n) is 10.0. The van der Waals surface area contributed by atoms with Gasteiger partial charge in [-0.1, -0.05) is 37.1 Å². The van der Waals surface area contributed by atoms with Crippen LogP contribution in [-0.2, 0) is 16.0 Å². The Kier molecular flexibility index (Phi) is 8.52. The molecule has 3 aromatic rings. The van der Waals surface area contributed by atoms with Crippen molar-refractivity contribution in [2.75, 3.05) is 33.2 Å². The average molecular weight is 656 g/mol. The topological polar surface area (TPSA) is 129 Å². The number of ether oxygens (including phenoxy) is 1. The summed E-state index contributed by atoms with van der Waals surface area (Å²) in [4.78, 5) is 77.0. The molecule has 1 saturated heterocycles. The number of thiazole rings is 1. The van der Waals surface area contributed by atoms with Crippen molar-refractivity contribution >= 4 is 40.9 Å². The number of carbonyl (C=O) groups is 5. The molecular formula is C35H37N5O6S. The fourth-order valence-electron chi connectivity index (χ4n) is 7.68. The predicted molar refractivity (Wildman–Crippen MR) is 173 cm³/mol. The molecule has 1 aliphatic carbocycles. The van der Waals surface area contributed by atoms with Crippen molar-refractivity contribution in [2.24, 2.45) is 11.8 Å². The average Bonchev–Trinajstić information content (AvgIpc) is 3.86. The van der Waals surface area contributed by atoms with Crippen LogP contribution in [0, 0.1) is 11.8 Å². The van der Waals surface area contributed by atoms with E-state index in [9.17, 15) is 24.0 Å². The van der Waals surface area contributed by atoms with Gasteiger partial charge in [0.15, 0.2) is 0 Å². The van der Waals surface area contributed by atoms with Crippen molar-refractivity contribution in [3.63, 3.8) is 0 Å². The van der Waals surface area contributed by atoms with Crippen molar-refractivity contribution < 1.29 is 28.7 Å². The SMILES string of the molecule is CNC(=O)[C@@H]1CCCCC1C(=O)N1CCc2cccc(O[C@H]3CCN(C(=O)c4cncs4)C3)c2[C@H]1CN1C(=O)c2ccccc2C1=O. The molecule has 4 aliphatic rings. The van der Waals surface area contributed by atoms with Crippen LogP contribution in [0.5, 0.6) is 5.75 Å². The first-order valence-corrected chi connectivity index (χ1v) is 17.2. The van der Waals surface area contributed by atoms with Gasteiger partial charge in [0, 0.05) is 44.0 Å². The summed E-state index contributed by atoms with van der Waals surface area (Å²) in [5.41, 5.74) is 4.08. The van der Waals surface area contributed by atoms with Crippen molar-refractivity contribution in [3.05, 3.63) is 81.3 Å². The lowest BCUT2D eigenvalue weighted by Crippen LogP contribution is -2.51. The van der Waals surface area contributed by atoms with E-state index in [0.717, 1.165) is 24.0 Å². The van der Waals surface area contributed by atoms with E-state index in [0.29, 0.717) is 67.1 Å². The molecule has 4 heterocycles. The molecule has 12 heteroatoms. The molecule has 1 saturated carbocycles. The number of hydrogen-bond acceptors (Lipinski definition) is 8. The van der Waals surface area contributed by atoms with Crippen LogP contribution < -0.4 is 10.1 Å². The zero-order valence-corrected chi connectivity index (χ0v) is 27.0. The summed E-state index contributed by atoms with van der Waals surface area (Å²) >= 11 is 1.31. The molecule has 0 spiro atoms. The second-order valence-corrected chi connectivity index (χ2v) is 13.5. The van der Waals surface area contributed by atoms with Gasteiger partial charge in [-0.2, -0.15) is 0 Å². The number of benzene rings is 2. The number of likely N-dealkylation sites (tertiary alicyclic amines) is 1. The number of fused-ring (bicyclic) bond motifs is 2. The van der Waals surface area contributed by atoms with Gasteiger partial charge in [0.25, 0.3) is 17.7 Å². The lowest BCUT2D eigenvalue weighted by molar-refractivity contribution is -0.146. The van der Waals surface area contributed by atoms with Crippen molar-refractivity contribution in [1.82, 2.24) is 25.0 Å². The van der Waals surface area contributed by atoms with E-state index in [1.54, 1.807) is 52.8 Å². The van der Waals surface area contributed by atoms with E-state index >= 15 is 0 Å². The molecule has 0 bridgehead atoms. The minimum Gasteiger partial charge on any atom is -0.488 e. The van der Waals surface area contributed by atoms with E-state index in [4.69, 9.17) is 4.74 Å². The fraction of sp³-hybridized carbons (Fsp3) is 0.429. The Morgan fingerprint density at radius 2 is 1.70 bits per heavy atom. The van der Waals surface area contributed by atoms with Gasteiger partial charge in [0.2, 0.25) is 11.8 Å². The Balaban J connectivity index is 1.22. The highest BCUT2D eigenvalue weighted by Crippen LogP contribution is 2.42. The molecule has 0 radical (unpaired) electrons. The number of carbonyl (C=O) groups excluding carboxylic acids is 5. The molecule has 1 N–H and O–H groups in total. The highest BCUT2D eigenvalue weighted by molar-refractivity contribution is 7.11. The zero-order valence-electron chi connectivity index (χ0n) is 26.2. The van der Waals surface area contributed by atoms with E-state index in [-0.39, 0.29) is 30.4 Å². The number of nitrogens with zero attached hydrogens (tertiary/aromatic N) is 4. The molecule has 11 nitrogen and oxygen atoms in total. The van der Waals surface area contributed by atoms with Crippen LogP contribution in [0.2, 0.25) is 0 Å². The Hall–Kier alpha value is -4.58. The number of amides is 5. The van der Waals surface area contributed by atoms with Crippen LogP contribution >= 0.6 is 11.3 Å². The normalized spacial score (nSPS) is 23.8. The first-order valence-electron chi connectivity index (χ1n) is 16.3. The summed E-state index contributed by atoms with van der Waals surface area (Å²) in [5.74, 6) is -1.49. The van der Waals surface area contributed by atoms with Crippen LogP contribution in [0.15, 0.2) is 54.2 Å². The molecule has 2 aromatic carbocycles. The monoisotopic (exact) mass is 655 g/mol. The quantitative estimate of drug-likeness (QED) is 0.385. The van der Waals surface area contributed by atoms with Gasteiger partial charge < -0.3 is 19.9 Å². The maximum Gasteiger partial charge on any atom is 0.265 e. The largest absolute Gasteiger partial charge is 0.488 e. The molecule has 3 aliphatic heterocycles. The Morgan fingerprint density at radius 1 is 0.957 bits per heavy atom. The first kappa shape index (κ1) is 31.0. The van der Waals surface area contributed by atoms with Gasteiger partial charge in [-0.25, -0.2) is 0 Å². The second-order valence-electron chi connectivity index (χ2n) is 12.6. The third-order valence-corrected chi connectivity index (χ3v) is 10.8. The molecule has 5 amide bonds. The first-order chi connectivity index (χ1) is 22.9. The minimum absolute atomic E-state index is 0.0382. The Morgan fingerprint density at radius 3 is 2.40 bits per heavy atom. The van der Waals surface area contributed by atoms with Crippen LogP contribution in [0.3, 0.4) is 0 Å². The van der Waals surface area contributed by atoms with Crippen LogP contribution in [0.1, 0.15) is 79.7 Å². The van der Waals surface area contributed by atoms with Gasteiger partial charge in [-0.05, 0) is 43.0 Å². The summed E-state index contributed by atoms with van der Waals surface area (Å²) in [7, 11) is 1.60. The summed E-state index contributed by atoms with van der Waals surface area (Å²) in [6, 6.07) is 11.9. The third kappa shape index (κ3) is 5.68. The predicted octanol–water partition coefficient (Wildman–Crippen LogP) is 3.71. The summed E-state index contributed by atoms with van der Waals surface area (Å²) < 4.78 is 6.64. The smallest absolute Gasteiger partial charge is 0.265 e. The van der Waals surface area contributed by atoms with E-state index in [1.807, 2.05) is 18.2 Å². The summed E-state index contributed by atoms with van der Waals surface area (Å²) in [6.07, 6.45) is 5.46. The summed E-state index contributed by atoms with van der Waals surface area (Å²) in [5, 5.41) is 2.74. The van der Waals surface area contributed by atoms with Crippen LogP contribution in [0.25, 0.3) is 0 Å². The number of rotatable bonds is 7. The number of nitrogens with one attached hydrogen (secondary N) is 1. The van der Waals surface area contributed by atoms with Gasteiger partial charge in [0.1, 0.15) is 16.7 Å². The fourth-order valence-corrected chi connectivity index (χ4v) is 8.26. The van der Waals surface area contributed by atoms with Crippen LogP contribution in [-0.4, -0.2) is 88.6 Å². The highest BCUT2D eigenvalue weighted by atomic mass is 32.1. The minimum atomic E-state index is -0.673. The molecule has 7 rings (SSSR count). The molecule has 47 heavy (non-hydrogen) atoms. The molecular weight excluding hydrogens is 618 g/mol. The summed E-state index contributed by atoms with van der Waals surface area (Å²) in [6.45, 7) is 1.30. The Labute approximate surface area is 276 Å². The zero-order chi connectivity index (χ0) is 32.7. The van der Waals surface area contributed by atoms with Crippen molar-refractivity contribution in [3.8, 4) is 5.75 Å². The molecule has 1 aromatic heterocycles. The van der Waals surface area contributed by atoms with Crippen LogP contribution in [0.4, 0.5) is 0 Å². The lowest BCUT2D eigenvalue weighted by Gasteiger charge is -2.43. The van der Waals surface area contributed by atoms with Crippen molar-refractivity contribution in [2.45, 2.75) is 50.7 Å². The lowest BCUT2D eigenvalue weighted by atomic mass is 9.77. The van der Waals surface area contributed by atoms with Crippen molar-refractivity contribution in [1.29, 1.82) is 0 Å². The highest BCUT2D eigenvalue weighted by Gasteiger charge is 2.45. The van der Waals surface area contributed by atoms with E-state index in [2.05, 4.69) is 10.3 Å². The Bertz CT molecular complexity index is 1690. The van der Waals surface area contributed by atoms with E-state index in [1.165, 1.54) is 16.2 Å². The number of aromatic nitrogens is 1. The maximum absolute atomic E-state index is 14.5. The maximum atomic E-state index is 14.5. The molecule has 2 fully saturated rings. The molecule has 244 valence electrons. The standard InChI is InChI=1S/C35H37N5O6S/c1-36-31(41)23-8-2-3-9-24(23)32(42)39-16-13-21-7-6-12-28(46-22-14-15-38(18-22)35(45)29-17-37-20-47-29)30(21)27(39)19-40-33(43)25-10-4-5-11-26(25)34(40)44/h4-7,10-12,17,20,22-24,27H,2-3,8-9,13-16,18-19H2,1H3,(H,36,41)/t22-,23+,24?,27+/m0/s1. The molecule has 4 atom stereocenters.